The molecular formula is C23H26O5. The van der Waals surface area contributed by atoms with Gasteiger partial charge in [0.15, 0.2) is 5.78 Å². The van der Waals surface area contributed by atoms with Gasteiger partial charge >= 0.3 is 5.97 Å². The molecule has 2 aromatic carbocycles. The van der Waals surface area contributed by atoms with Crippen molar-refractivity contribution in [2.24, 2.45) is 0 Å². The lowest BCUT2D eigenvalue weighted by molar-refractivity contribution is -0.384. The van der Waals surface area contributed by atoms with Crippen molar-refractivity contribution in [1.82, 2.24) is 0 Å². The van der Waals surface area contributed by atoms with Crippen LogP contribution in [-0.2, 0) is 26.6 Å². The molecule has 5 nitrogen and oxygen atoms in total. The quantitative estimate of drug-likeness (QED) is 0.229. The largest absolute Gasteiger partial charge is 0.421 e. The standard InChI is InChI=1S/C23H26O5/c1-3-5-6-7-12-21(24)27-23(28-26)19-11-9-8-10-17(19)22(25)18-15-16(4-2)13-14-20(18)23/h8-11,13-15,26H,3-7,12H2,1-2H3. The Hall–Kier alpha value is -2.50. The Morgan fingerprint density at radius 3 is 2.46 bits per heavy atom. The molecule has 0 aromatic heterocycles. The smallest absolute Gasteiger partial charge is 0.308 e. The normalized spacial score (nSPS) is 17.8. The number of benzene rings is 2. The van der Waals surface area contributed by atoms with E-state index >= 15 is 0 Å². The van der Waals surface area contributed by atoms with Gasteiger partial charge in [-0.25, -0.2) is 5.26 Å². The first-order chi connectivity index (χ1) is 13.6. The molecule has 148 valence electrons. The number of esters is 1. The van der Waals surface area contributed by atoms with E-state index in [1.165, 1.54) is 0 Å². The van der Waals surface area contributed by atoms with E-state index in [1.54, 1.807) is 36.4 Å². The number of hydrogen-bond donors (Lipinski definition) is 1. The molecule has 1 atom stereocenters. The van der Waals surface area contributed by atoms with Gasteiger partial charge in [-0.3, -0.25) is 9.59 Å². The lowest BCUT2D eigenvalue weighted by Crippen LogP contribution is -2.41. The third kappa shape index (κ3) is 3.60. The van der Waals surface area contributed by atoms with Gasteiger partial charge in [0, 0.05) is 28.7 Å². The van der Waals surface area contributed by atoms with E-state index in [9.17, 15) is 14.8 Å². The van der Waals surface area contributed by atoms with Gasteiger partial charge in [0.1, 0.15) is 0 Å². The van der Waals surface area contributed by atoms with E-state index in [-0.39, 0.29) is 12.2 Å². The van der Waals surface area contributed by atoms with Crippen molar-refractivity contribution in [3.05, 3.63) is 70.3 Å². The summed E-state index contributed by atoms with van der Waals surface area (Å²) in [5.41, 5.74) is 2.39. The summed E-state index contributed by atoms with van der Waals surface area (Å²) in [6.07, 6.45) is 4.74. The Labute approximate surface area is 165 Å². The van der Waals surface area contributed by atoms with Crippen molar-refractivity contribution in [3.63, 3.8) is 0 Å². The van der Waals surface area contributed by atoms with Crippen LogP contribution >= 0.6 is 0 Å². The number of carbonyl (C=O) groups is 2. The third-order valence-corrected chi connectivity index (χ3v) is 5.24. The summed E-state index contributed by atoms with van der Waals surface area (Å²) in [5.74, 6) is -2.49. The van der Waals surface area contributed by atoms with E-state index in [1.807, 2.05) is 13.0 Å². The average Bonchev–Trinajstić information content (AvgIpc) is 2.74. The molecule has 3 rings (SSSR count). The second kappa shape index (κ2) is 8.67. The Morgan fingerprint density at radius 1 is 1.00 bits per heavy atom. The van der Waals surface area contributed by atoms with Gasteiger partial charge in [-0.15, -0.1) is 0 Å². The van der Waals surface area contributed by atoms with E-state index < -0.39 is 11.8 Å². The molecule has 0 heterocycles. The van der Waals surface area contributed by atoms with E-state index in [0.29, 0.717) is 28.7 Å². The molecule has 28 heavy (non-hydrogen) atoms. The molecule has 1 aliphatic rings. The van der Waals surface area contributed by atoms with Gasteiger partial charge in [-0.2, -0.15) is 4.89 Å². The summed E-state index contributed by atoms with van der Waals surface area (Å²) < 4.78 is 5.72. The highest BCUT2D eigenvalue weighted by Crippen LogP contribution is 2.43. The summed E-state index contributed by atoms with van der Waals surface area (Å²) >= 11 is 0. The average molecular weight is 382 g/mol. The van der Waals surface area contributed by atoms with Crippen LogP contribution in [0.2, 0.25) is 0 Å². The van der Waals surface area contributed by atoms with Crippen molar-refractivity contribution >= 4 is 11.8 Å². The fourth-order valence-corrected chi connectivity index (χ4v) is 3.68. The fraction of sp³-hybridized carbons (Fsp3) is 0.391. The van der Waals surface area contributed by atoms with E-state index in [4.69, 9.17) is 9.62 Å². The predicted octanol–water partition coefficient (Wildman–Crippen LogP) is 5.00. The molecule has 1 aliphatic carbocycles. The summed E-state index contributed by atoms with van der Waals surface area (Å²) in [7, 11) is 0. The summed E-state index contributed by atoms with van der Waals surface area (Å²) in [5, 5.41) is 9.92. The van der Waals surface area contributed by atoms with Crippen LogP contribution in [0.5, 0.6) is 0 Å². The molecule has 0 saturated heterocycles. The number of ether oxygens (including phenoxy) is 1. The first-order valence-corrected chi connectivity index (χ1v) is 9.89. The van der Waals surface area contributed by atoms with Crippen molar-refractivity contribution in [2.75, 3.05) is 0 Å². The van der Waals surface area contributed by atoms with Crippen LogP contribution in [0.15, 0.2) is 42.5 Å². The Morgan fingerprint density at radius 2 is 1.75 bits per heavy atom. The van der Waals surface area contributed by atoms with Crippen molar-refractivity contribution in [3.8, 4) is 0 Å². The second-order valence-corrected chi connectivity index (χ2v) is 7.10. The Balaban J connectivity index is 2.03. The van der Waals surface area contributed by atoms with Crippen molar-refractivity contribution < 1.29 is 24.5 Å². The zero-order valence-corrected chi connectivity index (χ0v) is 16.4. The minimum absolute atomic E-state index is 0.174. The highest BCUT2D eigenvalue weighted by atomic mass is 17.1. The molecule has 1 unspecified atom stereocenters. The maximum absolute atomic E-state index is 13.0. The monoisotopic (exact) mass is 382 g/mol. The van der Waals surface area contributed by atoms with Gasteiger partial charge in [-0.1, -0.05) is 69.5 Å². The number of aryl methyl sites for hydroxylation is 1. The molecular weight excluding hydrogens is 356 g/mol. The number of hydrogen-bond acceptors (Lipinski definition) is 5. The van der Waals surface area contributed by atoms with Gasteiger partial charge in [0.25, 0.3) is 5.79 Å². The number of carbonyl (C=O) groups excluding carboxylic acids is 2. The Kier molecular flexibility index (Phi) is 6.27. The number of fused-ring (bicyclic) bond motifs is 2. The molecule has 0 saturated carbocycles. The summed E-state index contributed by atoms with van der Waals surface area (Å²) in [6.45, 7) is 4.10. The number of rotatable bonds is 8. The van der Waals surface area contributed by atoms with Crippen LogP contribution in [0.3, 0.4) is 0 Å². The fourth-order valence-electron chi connectivity index (χ4n) is 3.68. The molecule has 0 bridgehead atoms. The first-order valence-electron chi connectivity index (χ1n) is 9.89. The van der Waals surface area contributed by atoms with Gasteiger partial charge in [0.2, 0.25) is 0 Å². The molecule has 2 aromatic rings. The molecule has 0 spiro atoms. The van der Waals surface area contributed by atoms with E-state index in [2.05, 4.69) is 6.92 Å². The molecule has 5 heteroatoms. The predicted molar refractivity (Wildman–Crippen MR) is 105 cm³/mol. The molecule has 1 N–H and O–H groups in total. The third-order valence-electron chi connectivity index (χ3n) is 5.24. The summed E-state index contributed by atoms with van der Waals surface area (Å²) in [6, 6.07) is 12.1. The highest BCUT2D eigenvalue weighted by molar-refractivity contribution is 6.13. The maximum Gasteiger partial charge on any atom is 0.308 e. The number of ketones is 1. The summed E-state index contributed by atoms with van der Waals surface area (Å²) in [4.78, 5) is 30.5. The van der Waals surface area contributed by atoms with Crippen LogP contribution in [0.4, 0.5) is 0 Å². The molecule has 0 radical (unpaired) electrons. The Bertz CT molecular complexity index is 873. The SMILES string of the molecule is CCCCCCC(=O)OC1(OO)c2ccccc2C(=O)c2cc(CC)ccc21. The zero-order chi connectivity index (χ0) is 20.1. The van der Waals surface area contributed by atoms with Crippen LogP contribution in [0.25, 0.3) is 0 Å². The molecule has 0 fully saturated rings. The topological polar surface area (TPSA) is 72.8 Å². The van der Waals surface area contributed by atoms with Crippen molar-refractivity contribution in [2.45, 2.75) is 58.2 Å². The minimum Gasteiger partial charge on any atom is -0.421 e. The lowest BCUT2D eigenvalue weighted by Gasteiger charge is -2.36. The molecule has 0 aliphatic heterocycles. The van der Waals surface area contributed by atoms with Crippen LogP contribution in [-0.4, -0.2) is 17.0 Å². The highest BCUT2D eigenvalue weighted by Gasteiger charge is 2.49. The number of unbranched alkanes of at least 4 members (excludes halogenated alkanes) is 3. The van der Waals surface area contributed by atoms with Gasteiger partial charge in [-0.05, 0) is 24.5 Å². The first kappa shape index (κ1) is 20.2. The van der Waals surface area contributed by atoms with Crippen LogP contribution in [0.1, 0.15) is 78.6 Å². The van der Waals surface area contributed by atoms with Crippen molar-refractivity contribution in [1.29, 1.82) is 0 Å². The van der Waals surface area contributed by atoms with Gasteiger partial charge < -0.3 is 4.74 Å². The van der Waals surface area contributed by atoms with Crippen LogP contribution < -0.4 is 0 Å². The second-order valence-electron chi connectivity index (χ2n) is 7.10. The van der Waals surface area contributed by atoms with Gasteiger partial charge in [0.05, 0.1) is 0 Å². The lowest BCUT2D eigenvalue weighted by atomic mass is 9.79. The van der Waals surface area contributed by atoms with E-state index in [0.717, 1.165) is 31.2 Å². The molecule has 0 amide bonds. The van der Waals surface area contributed by atoms with Crippen LogP contribution in [0, 0.1) is 0 Å². The maximum atomic E-state index is 13.0. The minimum atomic E-state index is -1.84. The zero-order valence-electron chi connectivity index (χ0n) is 16.4.